The molecule has 3 rings (SSSR count). The molecule has 0 atom stereocenters. The third kappa shape index (κ3) is 5.46. The minimum atomic E-state index is -3.19. The lowest BCUT2D eigenvalue weighted by molar-refractivity contribution is 0.0495. The average Bonchev–Trinajstić information content (AvgIpc) is 3.05. The molecule has 0 saturated carbocycles. The van der Waals surface area contributed by atoms with Crippen LogP contribution in [0.25, 0.3) is 0 Å². The Morgan fingerprint density at radius 2 is 1.73 bits per heavy atom. The maximum atomic E-state index is 11.9. The maximum Gasteiger partial charge on any atom is 0.175 e. The van der Waals surface area contributed by atoms with Gasteiger partial charge in [0.25, 0.3) is 0 Å². The second-order valence-corrected chi connectivity index (χ2v) is 12.2. The van der Waals surface area contributed by atoms with Gasteiger partial charge in [-0.1, -0.05) is 11.6 Å². The molecule has 1 N–H and O–H groups in total. The summed E-state index contributed by atoms with van der Waals surface area (Å²) in [5, 5.41) is 10.2. The van der Waals surface area contributed by atoms with E-state index >= 15 is 0 Å². The van der Waals surface area contributed by atoms with Crippen LogP contribution < -0.4 is 0 Å². The fourth-order valence-corrected chi connectivity index (χ4v) is 4.68. The number of sulfone groups is 1. The van der Waals surface area contributed by atoms with Crippen LogP contribution in [-0.4, -0.2) is 35.8 Å². The van der Waals surface area contributed by atoms with E-state index in [1.165, 1.54) is 17.4 Å². The monoisotopic (exact) mass is 433 g/mol. The van der Waals surface area contributed by atoms with Gasteiger partial charge in [0, 0.05) is 31.3 Å². The molecule has 0 bridgehead atoms. The van der Waals surface area contributed by atoms with Gasteiger partial charge in [0.1, 0.15) is 11.4 Å². The molecule has 0 spiro atoms. The number of hydrogen-bond acceptors (Lipinski definition) is 5. The lowest BCUT2D eigenvalue weighted by Gasteiger charge is -2.36. The zero-order chi connectivity index (χ0) is 22.3. The van der Waals surface area contributed by atoms with Gasteiger partial charge in [-0.2, -0.15) is 0 Å². The smallest absolute Gasteiger partial charge is 0.175 e. The third-order valence-electron chi connectivity index (χ3n) is 5.96. The summed E-state index contributed by atoms with van der Waals surface area (Å²) < 4.78 is 29.7. The molecule has 1 aliphatic heterocycles. The fourth-order valence-electron chi connectivity index (χ4n) is 4.01. The van der Waals surface area contributed by atoms with E-state index in [1.54, 1.807) is 6.07 Å². The summed E-state index contributed by atoms with van der Waals surface area (Å²) in [5.74, 6) is 0.938. The van der Waals surface area contributed by atoms with Crippen LogP contribution in [0.15, 0.2) is 46.3 Å². The Morgan fingerprint density at radius 1 is 1.07 bits per heavy atom. The number of ether oxygens (including phenoxy) is 1. The van der Waals surface area contributed by atoms with E-state index < -0.39 is 9.84 Å². The molecule has 30 heavy (non-hydrogen) atoms. The maximum absolute atomic E-state index is 11.9. The molecule has 5 nitrogen and oxygen atoms in total. The second kappa shape index (κ2) is 8.04. The zero-order valence-electron chi connectivity index (χ0n) is 19.1. The Kier molecular flexibility index (Phi) is 6.14. The minimum absolute atomic E-state index is 0.0284. The Balaban J connectivity index is 1.66. The summed E-state index contributed by atoms with van der Waals surface area (Å²) in [7, 11) is -3.19. The number of benzene rings is 1. The van der Waals surface area contributed by atoms with Crippen molar-refractivity contribution in [3.05, 3.63) is 52.5 Å². The van der Waals surface area contributed by atoms with Crippen molar-refractivity contribution in [2.75, 3.05) is 6.26 Å². The molecule has 1 aromatic carbocycles. The molecule has 0 amide bonds. The first-order valence-electron chi connectivity index (χ1n) is 10.6. The number of nitrogens with zero attached hydrogens (tertiary/aromatic N) is 1. The summed E-state index contributed by atoms with van der Waals surface area (Å²) in [5.41, 5.74) is 3.25. The standard InChI is InChI=1S/C24H35NO4S/c1-23(2,3)29-22-13-17(7-10-21(22)26)11-12-24(4,5)25-15-18-8-9-20(30(6,27)28)14-19(18)16-25/h8-9,13-14,26H,7,10-12,15-16H2,1-6H3. The van der Waals surface area contributed by atoms with Gasteiger partial charge in [-0.3, -0.25) is 4.90 Å². The van der Waals surface area contributed by atoms with Gasteiger partial charge in [0.2, 0.25) is 0 Å². The highest BCUT2D eigenvalue weighted by atomic mass is 32.2. The fraction of sp³-hybridized carbons (Fsp3) is 0.583. The van der Waals surface area contributed by atoms with Crippen molar-refractivity contribution in [3.63, 3.8) is 0 Å². The molecule has 2 aliphatic rings. The van der Waals surface area contributed by atoms with Crippen LogP contribution in [0.5, 0.6) is 0 Å². The minimum Gasteiger partial charge on any atom is -0.508 e. The SMILES string of the molecule is CC(C)(C)OC1=C(O)CCC(CCC(C)(C)N2Cc3ccc(S(C)(=O)=O)cc3C2)=C1. The summed E-state index contributed by atoms with van der Waals surface area (Å²) in [6.07, 6.45) is 6.68. The van der Waals surface area contributed by atoms with Crippen molar-refractivity contribution in [1.29, 1.82) is 0 Å². The molecule has 0 radical (unpaired) electrons. The first-order valence-corrected chi connectivity index (χ1v) is 12.5. The average molecular weight is 434 g/mol. The molecular formula is C24H35NO4S. The number of fused-ring (bicyclic) bond motifs is 1. The molecule has 6 heteroatoms. The van der Waals surface area contributed by atoms with Crippen LogP contribution in [0.3, 0.4) is 0 Å². The molecule has 166 valence electrons. The molecule has 1 heterocycles. The normalized spacial score (nSPS) is 18.4. The molecule has 1 aromatic rings. The summed E-state index contributed by atoms with van der Waals surface area (Å²) >= 11 is 0. The predicted molar refractivity (Wildman–Crippen MR) is 120 cm³/mol. The Morgan fingerprint density at radius 3 is 2.37 bits per heavy atom. The molecule has 0 fully saturated rings. The lowest BCUT2D eigenvalue weighted by Crippen LogP contribution is -2.40. The first-order chi connectivity index (χ1) is 13.7. The lowest BCUT2D eigenvalue weighted by atomic mass is 9.90. The van der Waals surface area contributed by atoms with Crippen molar-refractivity contribution < 1.29 is 18.3 Å². The Hall–Kier alpha value is -1.79. The van der Waals surface area contributed by atoms with Crippen molar-refractivity contribution in [2.45, 2.75) is 89.4 Å². The highest BCUT2D eigenvalue weighted by Crippen LogP contribution is 2.35. The number of aliphatic hydroxyl groups is 1. The second-order valence-electron chi connectivity index (χ2n) is 10.2. The number of aliphatic hydroxyl groups excluding tert-OH is 1. The highest BCUT2D eigenvalue weighted by molar-refractivity contribution is 7.90. The van der Waals surface area contributed by atoms with Gasteiger partial charge in [-0.05, 0) is 83.2 Å². The number of rotatable bonds is 6. The van der Waals surface area contributed by atoms with Crippen molar-refractivity contribution in [1.82, 2.24) is 4.90 Å². The van der Waals surface area contributed by atoms with E-state index in [0.29, 0.717) is 22.8 Å². The molecule has 0 unspecified atom stereocenters. The van der Waals surface area contributed by atoms with Gasteiger partial charge < -0.3 is 9.84 Å². The largest absolute Gasteiger partial charge is 0.508 e. The van der Waals surface area contributed by atoms with E-state index in [1.807, 2.05) is 39.0 Å². The van der Waals surface area contributed by atoms with E-state index in [0.717, 1.165) is 37.9 Å². The van der Waals surface area contributed by atoms with Crippen LogP contribution in [-0.2, 0) is 27.7 Å². The summed E-state index contributed by atoms with van der Waals surface area (Å²) in [4.78, 5) is 2.82. The van der Waals surface area contributed by atoms with Crippen LogP contribution in [0, 0.1) is 0 Å². The van der Waals surface area contributed by atoms with Gasteiger partial charge in [0.15, 0.2) is 15.6 Å². The zero-order valence-corrected chi connectivity index (χ0v) is 19.9. The molecular weight excluding hydrogens is 398 g/mol. The number of hydrogen-bond donors (Lipinski definition) is 1. The highest BCUT2D eigenvalue weighted by Gasteiger charge is 2.32. The predicted octanol–water partition coefficient (Wildman–Crippen LogP) is 5.27. The van der Waals surface area contributed by atoms with E-state index in [-0.39, 0.29) is 11.1 Å². The number of allylic oxidation sites excluding steroid dienone is 3. The van der Waals surface area contributed by atoms with E-state index in [9.17, 15) is 13.5 Å². The summed E-state index contributed by atoms with van der Waals surface area (Å²) in [6.45, 7) is 12.1. The van der Waals surface area contributed by atoms with Crippen molar-refractivity contribution in [2.24, 2.45) is 0 Å². The topological polar surface area (TPSA) is 66.8 Å². The van der Waals surface area contributed by atoms with Crippen molar-refractivity contribution >= 4 is 9.84 Å². The van der Waals surface area contributed by atoms with Crippen LogP contribution in [0.4, 0.5) is 0 Å². The van der Waals surface area contributed by atoms with E-state index in [4.69, 9.17) is 4.74 Å². The van der Waals surface area contributed by atoms with Gasteiger partial charge in [0.05, 0.1) is 4.90 Å². The van der Waals surface area contributed by atoms with E-state index in [2.05, 4.69) is 18.7 Å². The first kappa shape index (κ1) is 22.9. The van der Waals surface area contributed by atoms with Crippen LogP contribution in [0.1, 0.15) is 71.4 Å². The van der Waals surface area contributed by atoms with Gasteiger partial charge in [-0.25, -0.2) is 8.42 Å². The molecule has 1 aliphatic carbocycles. The Bertz CT molecular complexity index is 981. The summed E-state index contributed by atoms with van der Waals surface area (Å²) in [6, 6.07) is 5.50. The van der Waals surface area contributed by atoms with Crippen LogP contribution in [0.2, 0.25) is 0 Å². The van der Waals surface area contributed by atoms with Gasteiger partial charge >= 0.3 is 0 Å². The molecule has 0 saturated heterocycles. The molecule has 0 aromatic heterocycles. The Labute approximate surface area is 181 Å². The van der Waals surface area contributed by atoms with Crippen molar-refractivity contribution in [3.8, 4) is 0 Å². The van der Waals surface area contributed by atoms with Crippen LogP contribution >= 0.6 is 0 Å². The van der Waals surface area contributed by atoms with Gasteiger partial charge in [-0.15, -0.1) is 0 Å². The third-order valence-corrected chi connectivity index (χ3v) is 7.07. The quantitative estimate of drug-likeness (QED) is 0.662.